The molecule has 0 N–H and O–H groups in total. The molecule has 0 aliphatic carbocycles. The van der Waals surface area contributed by atoms with Gasteiger partial charge in [0.05, 0.1) is 27.8 Å². The number of carbonyl (C=O) groups excluding carboxylic acids is 5. The number of rotatable bonds is 15. The number of hydrogen-bond acceptors (Lipinski definition) is 14. The van der Waals surface area contributed by atoms with Gasteiger partial charge in [-0.05, 0) is 20.8 Å². The van der Waals surface area contributed by atoms with Crippen molar-refractivity contribution in [1.29, 1.82) is 0 Å². The summed E-state index contributed by atoms with van der Waals surface area (Å²) in [5, 5.41) is -1.00. The van der Waals surface area contributed by atoms with Crippen LogP contribution in [0.5, 0.6) is 0 Å². The van der Waals surface area contributed by atoms with Gasteiger partial charge >= 0.3 is 72.8 Å². The Balaban J connectivity index is -0.000000203. The molecule has 0 saturated carbocycles. The zero-order valence-electron chi connectivity index (χ0n) is 28.5. The van der Waals surface area contributed by atoms with Crippen LogP contribution >= 0.6 is 63.1 Å². The SMILES string of the molecule is CC(=O)C(C)S.CC(S)C(=O)OCC(F)(F)C(F)F.O=C(CS)OCC(F)(F)C(F)(F)C(F)(F)F.O=C(CS)OCC(F)(F)C(F)F.O=C(CS)OCC(F)(F)F. The predicted octanol–water partition coefficient (Wildman–Crippen LogP) is 7.32. The molecule has 0 saturated heterocycles. The van der Waals surface area contributed by atoms with E-state index >= 15 is 0 Å². The summed E-state index contributed by atoms with van der Waals surface area (Å²) in [4.78, 5) is 51.1. The van der Waals surface area contributed by atoms with Gasteiger partial charge in [0, 0.05) is 0 Å². The topological polar surface area (TPSA) is 122 Å². The van der Waals surface area contributed by atoms with Gasteiger partial charge in [-0.15, -0.1) is 0 Å². The first kappa shape index (κ1) is 64.2. The van der Waals surface area contributed by atoms with E-state index in [1.54, 1.807) is 6.92 Å². The van der Waals surface area contributed by atoms with Gasteiger partial charge < -0.3 is 18.9 Å². The summed E-state index contributed by atoms with van der Waals surface area (Å²) >= 11 is 17.4. The summed E-state index contributed by atoms with van der Waals surface area (Å²) in [6.07, 6.45) is -18.5. The third kappa shape index (κ3) is 33.6. The molecule has 0 amide bonds. The Morgan fingerprint density at radius 1 is 0.509 bits per heavy atom. The van der Waals surface area contributed by atoms with E-state index in [1.807, 2.05) is 0 Å². The van der Waals surface area contributed by atoms with Gasteiger partial charge in [0.15, 0.2) is 26.4 Å². The van der Waals surface area contributed by atoms with E-state index in [2.05, 4.69) is 82.1 Å². The minimum atomic E-state index is -6.43. The molecular formula is C25H32F18O9S5. The van der Waals surface area contributed by atoms with Crippen molar-refractivity contribution in [2.45, 2.75) is 80.2 Å². The van der Waals surface area contributed by atoms with E-state index in [9.17, 15) is 103 Å². The van der Waals surface area contributed by atoms with E-state index < -0.39 is 116 Å². The van der Waals surface area contributed by atoms with E-state index in [0.717, 1.165) is 0 Å². The summed E-state index contributed by atoms with van der Waals surface area (Å²) in [5.41, 5.74) is 0. The summed E-state index contributed by atoms with van der Waals surface area (Å²) in [6.45, 7) is -2.56. The lowest BCUT2D eigenvalue weighted by atomic mass is 10.2. The maximum absolute atomic E-state index is 12.4. The maximum Gasteiger partial charge on any atom is 0.460 e. The summed E-state index contributed by atoms with van der Waals surface area (Å²) in [6, 6.07) is 0. The minimum absolute atomic E-state index is 0.0926. The third-order valence-electron chi connectivity index (χ3n) is 4.41. The summed E-state index contributed by atoms with van der Waals surface area (Å²) < 4.78 is 227. The Morgan fingerprint density at radius 2 is 0.789 bits per heavy atom. The second kappa shape index (κ2) is 29.3. The van der Waals surface area contributed by atoms with Crippen molar-refractivity contribution in [2.75, 3.05) is 43.7 Å². The molecule has 0 spiro atoms. The molecule has 0 rings (SSSR count). The van der Waals surface area contributed by atoms with Crippen LogP contribution in [0.2, 0.25) is 0 Å². The molecule has 0 aromatic heterocycles. The monoisotopic (exact) mass is 978 g/mol. The van der Waals surface area contributed by atoms with Gasteiger partial charge in [-0.2, -0.15) is 125 Å². The summed E-state index contributed by atoms with van der Waals surface area (Å²) in [7, 11) is 0. The average Bonchev–Trinajstić information content (AvgIpc) is 3.07. The lowest BCUT2D eigenvalue weighted by Crippen LogP contribution is -2.54. The number of alkyl halides is 18. The highest BCUT2D eigenvalue weighted by Gasteiger charge is 2.73. The Hall–Kier alpha value is -1.96. The number of thiol groups is 5. The average molecular weight is 979 g/mol. The third-order valence-corrected chi connectivity index (χ3v) is 5.76. The van der Waals surface area contributed by atoms with E-state index in [-0.39, 0.29) is 16.8 Å². The second-order valence-corrected chi connectivity index (χ2v) is 12.0. The molecular weight excluding hydrogens is 947 g/mol. The van der Waals surface area contributed by atoms with Gasteiger partial charge in [-0.25, -0.2) is 17.6 Å². The van der Waals surface area contributed by atoms with Crippen LogP contribution in [-0.2, 0) is 42.9 Å². The van der Waals surface area contributed by atoms with Gasteiger partial charge in [0.25, 0.3) is 0 Å². The highest BCUT2D eigenvalue weighted by molar-refractivity contribution is 7.82. The molecule has 0 aliphatic rings. The quantitative estimate of drug-likeness (QED) is 0.0498. The van der Waals surface area contributed by atoms with Crippen LogP contribution in [-0.4, -0.2) is 133 Å². The Labute approximate surface area is 338 Å². The van der Waals surface area contributed by atoms with E-state index in [1.165, 1.54) is 13.8 Å². The highest BCUT2D eigenvalue weighted by Crippen LogP contribution is 2.46. The lowest BCUT2D eigenvalue weighted by molar-refractivity contribution is -0.359. The van der Waals surface area contributed by atoms with Gasteiger partial charge in [0.1, 0.15) is 5.78 Å². The zero-order valence-corrected chi connectivity index (χ0v) is 32.9. The lowest BCUT2D eigenvalue weighted by Gasteiger charge is -2.27. The molecule has 0 aromatic carbocycles. The fourth-order valence-electron chi connectivity index (χ4n) is 1.36. The molecule has 2 unspecified atom stereocenters. The van der Waals surface area contributed by atoms with Crippen LogP contribution in [0.15, 0.2) is 0 Å². The minimum Gasteiger partial charge on any atom is -0.458 e. The van der Waals surface area contributed by atoms with Crippen LogP contribution in [0.25, 0.3) is 0 Å². The van der Waals surface area contributed by atoms with Crippen LogP contribution in [0.4, 0.5) is 79.0 Å². The molecule has 0 radical (unpaired) electrons. The molecule has 2 atom stereocenters. The largest absolute Gasteiger partial charge is 0.460 e. The fourth-order valence-corrected chi connectivity index (χ4v) is 1.71. The number of esters is 4. The van der Waals surface area contributed by atoms with Crippen molar-refractivity contribution in [1.82, 2.24) is 0 Å². The van der Waals surface area contributed by atoms with Crippen LogP contribution in [0, 0.1) is 0 Å². The first-order chi connectivity index (χ1) is 25.2. The van der Waals surface area contributed by atoms with Crippen LogP contribution in [0.1, 0.15) is 20.8 Å². The Kier molecular flexibility index (Phi) is 33.0. The first-order valence-electron chi connectivity index (χ1n) is 13.8. The molecule has 32 heteroatoms. The molecule has 0 bridgehead atoms. The zero-order chi connectivity index (χ0) is 47.0. The maximum atomic E-state index is 12.4. The number of Topliss-reactive ketones (excluding diaryl/α,β-unsaturated/α-hetero) is 1. The molecule has 0 heterocycles. The van der Waals surface area contributed by atoms with Gasteiger partial charge in [-0.3, -0.25) is 24.0 Å². The van der Waals surface area contributed by atoms with Crippen LogP contribution in [0.3, 0.4) is 0 Å². The van der Waals surface area contributed by atoms with Crippen molar-refractivity contribution in [3.8, 4) is 0 Å². The number of carbonyl (C=O) groups is 5. The standard InChI is InChI=1S/C6H5F7O2S.C6H8F4O2S.C5H6F4O2S.C4H5F3O2S.C4H8OS/c7-4(8,2-15-3(14)1-16)5(9,10)6(11,12)13;1-3(13)4(11)12-2-6(9,10)5(7)8;6-4(7)5(8,9)2-11-3(10)1-12;5-4(6,7)2-9-3(8)1-10;1-3(5)4(2)6/h16H,1-2H2;3,5,13H,2H2,1H3;4,12H,1-2H2;10H,1-2H2;4,6H,1-2H3. The number of halogens is 18. The smallest absolute Gasteiger partial charge is 0.458 e. The molecule has 9 nitrogen and oxygen atoms in total. The number of ether oxygens (including phenoxy) is 4. The van der Waals surface area contributed by atoms with E-state index in [4.69, 9.17) is 0 Å². The number of ketones is 1. The molecule has 57 heavy (non-hydrogen) atoms. The molecule has 0 aliphatic heterocycles. The second-order valence-electron chi connectivity index (χ2n) is 9.54. The van der Waals surface area contributed by atoms with Crippen molar-refractivity contribution < 1.29 is 122 Å². The summed E-state index contributed by atoms with van der Waals surface area (Å²) in [5.74, 6) is -26.2. The van der Waals surface area contributed by atoms with Crippen molar-refractivity contribution in [3.05, 3.63) is 0 Å². The van der Waals surface area contributed by atoms with Gasteiger partial charge in [-0.1, -0.05) is 0 Å². The van der Waals surface area contributed by atoms with Crippen molar-refractivity contribution >= 4 is 92.8 Å². The van der Waals surface area contributed by atoms with Crippen molar-refractivity contribution in [2.24, 2.45) is 0 Å². The fraction of sp³-hybridized carbons (Fsp3) is 0.800. The Bertz CT molecular complexity index is 1190. The number of hydrogen-bond donors (Lipinski definition) is 5. The van der Waals surface area contributed by atoms with Crippen molar-refractivity contribution in [3.63, 3.8) is 0 Å². The highest BCUT2D eigenvalue weighted by atomic mass is 32.1. The Morgan fingerprint density at radius 3 is 1.02 bits per heavy atom. The van der Waals surface area contributed by atoms with E-state index in [0.29, 0.717) is 0 Å². The molecule has 342 valence electrons. The molecule has 0 aromatic rings. The predicted molar refractivity (Wildman–Crippen MR) is 177 cm³/mol. The first-order valence-corrected chi connectivity index (χ1v) is 16.7. The normalized spacial score (nSPS) is 13.1. The van der Waals surface area contributed by atoms with Crippen LogP contribution < -0.4 is 0 Å². The molecule has 0 fully saturated rings. The van der Waals surface area contributed by atoms with Gasteiger partial charge in [0.2, 0.25) is 0 Å².